The lowest BCUT2D eigenvalue weighted by Crippen LogP contribution is -2.48. The minimum atomic E-state index is -0.881. The van der Waals surface area contributed by atoms with Gasteiger partial charge in [-0.1, -0.05) is 0 Å². The third-order valence-electron chi connectivity index (χ3n) is 2.82. The van der Waals surface area contributed by atoms with Crippen LogP contribution < -0.4 is 0 Å². The minimum Gasteiger partial charge on any atom is -0.481 e. The predicted octanol–water partition coefficient (Wildman–Crippen LogP) is 0.113. The van der Waals surface area contributed by atoms with E-state index in [9.17, 15) is 15.0 Å². The molecular weight excluding hydrogens is 228 g/mol. The van der Waals surface area contributed by atoms with Crippen molar-refractivity contribution in [2.45, 2.75) is 63.8 Å². The third-order valence-corrected chi connectivity index (χ3v) is 2.82. The average Bonchev–Trinajstić information content (AvgIpc) is 2.23. The Kier molecular flexibility index (Phi) is 5.32. The van der Waals surface area contributed by atoms with Gasteiger partial charge in [-0.05, 0) is 20.3 Å². The molecular formula is C11H20O6. The molecule has 1 saturated heterocycles. The lowest BCUT2D eigenvalue weighted by Gasteiger charge is -2.36. The van der Waals surface area contributed by atoms with Gasteiger partial charge in [0.15, 0.2) is 6.29 Å². The van der Waals surface area contributed by atoms with Crippen molar-refractivity contribution in [1.82, 2.24) is 0 Å². The Morgan fingerprint density at radius 1 is 1.47 bits per heavy atom. The van der Waals surface area contributed by atoms with E-state index < -0.39 is 30.6 Å². The van der Waals surface area contributed by atoms with Crippen LogP contribution in [0.5, 0.6) is 0 Å². The molecule has 0 aromatic heterocycles. The van der Waals surface area contributed by atoms with Gasteiger partial charge in [0, 0.05) is 12.8 Å². The van der Waals surface area contributed by atoms with Gasteiger partial charge < -0.3 is 24.8 Å². The van der Waals surface area contributed by atoms with Crippen molar-refractivity contribution in [3.8, 4) is 0 Å². The normalized spacial score (nSPS) is 35.5. The van der Waals surface area contributed by atoms with E-state index in [2.05, 4.69) is 0 Å². The van der Waals surface area contributed by atoms with Gasteiger partial charge in [0.25, 0.3) is 0 Å². The molecule has 6 nitrogen and oxygen atoms in total. The lowest BCUT2D eigenvalue weighted by atomic mass is 10.0. The summed E-state index contributed by atoms with van der Waals surface area (Å²) in [7, 11) is 0. The Morgan fingerprint density at radius 2 is 2.12 bits per heavy atom. The van der Waals surface area contributed by atoms with Crippen molar-refractivity contribution in [1.29, 1.82) is 0 Å². The second-order valence-corrected chi connectivity index (χ2v) is 4.46. The Hall–Kier alpha value is -0.690. The first-order valence-electron chi connectivity index (χ1n) is 5.79. The summed E-state index contributed by atoms with van der Waals surface area (Å²) in [5.41, 5.74) is 0. The van der Waals surface area contributed by atoms with Crippen LogP contribution >= 0.6 is 0 Å². The molecule has 4 unspecified atom stereocenters. The van der Waals surface area contributed by atoms with Gasteiger partial charge in [0.2, 0.25) is 0 Å². The van der Waals surface area contributed by atoms with Crippen LogP contribution in [0.15, 0.2) is 0 Å². The molecule has 1 heterocycles. The SMILES string of the molecule is CC1OC(O[C@H](C)CCC(=O)O)C(O)CC1O. The number of aliphatic hydroxyl groups excluding tert-OH is 2. The van der Waals surface area contributed by atoms with Crippen LogP contribution in [0, 0.1) is 0 Å². The second-order valence-electron chi connectivity index (χ2n) is 4.46. The highest BCUT2D eigenvalue weighted by molar-refractivity contribution is 5.66. The van der Waals surface area contributed by atoms with Crippen LogP contribution in [0.4, 0.5) is 0 Å². The van der Waals surface area contributed by atoms with Gasteiger partial charge in [0.1, 0.15) is 6.10 Å². The number of carbonyl (C=O) groups is 1. The number of rotatable bonds is 5. The van der Waals surface area contributed by atoms with E-state index in [1.807, 2.05) is 0 Å². The van der Waals surface area contributed by atoms with E-state index in [-0.39, 0.29) is 18.9 Å². The molecule has 1 aliphatic heterocycles. The monoisotopic (exact) mass is 248 g/mol. The topological polar surface area (TPSA) is 96.2 Å². The summed E-state index contributed by atoms with van der Waals surface area (Å²) in [6.45, 7) is 3.43. The summed E-state index contributed by atoms with van der Waals surface area (Å²) in [6.07, 6.45) is -2.49. The number of aliphatic hydroxyl groups is 2. The van der Waals surface area contributed by atoms with Crippen molar-refractivity contribution in [3.05, 3.63) is 0 Å². The highest BCUT2D eigenvalue weighted by Crippen LogP contribution is 2.22. The van der Waals surface area contributed by atoms with E-state index in [4.69, 9.17) is 14.6 Å². The summed E-state index contributed by atoms with van der Waals surface area (Å²) >= 11 is 0. The van der Waals surface area contributed by atoms with Crippen LogP contribution in [0.1, 0.15) is 33.1 Å². The highest BCUT2D eigenvalue weighted by atomic mass is 16.7. The number of carboxylic acid groups (broad SMARTS) is 1. The minimum absolute atomic E-state index is 0.0160. The quantitative estimate of drug-likeness (QED) is 0.639. The first kappa shape index (κ1) is 14.4. The Labute approximate surface area is 100 Å². The molecule has 3 N–H and O–H groups in total. The second kappa shape index (κ2) is 6.30. The molecule has 1 fully saturated rings. The third kappa shape index (κ3) is 4.59. The number of aliphatic carboxylic acids is 1. The van der Waals surface area contributed by atoms with Gasteiger partial charge in [-0.2, -0.15) is 0 Å². The van der Waals surface area contributed by atoms with E-state index >= 15 is 0 Å². The van der Waals surface area contributed by atoms with E-state index in [1.54, 1.807) is 13.8 Å². The Morgan fingerprint density at radius 3 is 2.71 bits per heavy atom. The van der Waals surface area contributed by atoms with Gasteiger partial charge in [-0.15, -0.1) is 0 Å². The summed E-state index contributed by atoms with van der Waals surface area (Å²) in [6, 6.07) is 0. The Balaban J connectivity index is 2.37. The van der Waals surface area contributed by atoms with Gasteiger partial charge in [-0.3, -0.25) is 4.79 Å². The molecule has 0 aromatic carbocycles. The largest absolute Gasteiger partial charge is 0.481 e. The van der Waals surface area contributed by atoms with Crippen molar-refractivity contribution in [3.63, 3.8) is 0 Å². The maximum Gasteiger partial charge on any atom is 0.303 e. The predicted molar refractivity (Wildman–Crippen MR) is 58.4 cm³/mol. The summed E-state index contributed by atoms with van der Waals surface area (Å²) in [5, 5.41) is 27.6. The van der Waals surface area contributed by atoms with E-state index in [0.717, 1.165) is 0 Å². The fourth-order valence-electron chi connectivity index (χ4n) is 1.69. The molecule has 0 saturated carbocycles. The molecule has 1 aliphatic rings. The van der Waals surface area contributed by atoms with Gasteiger partial charge >= 0.3 is 5.97 Å². The van der Waals surface area contributed by atoms with Gasteiger partial charge in [0.05, 0.1) is 18.3 Å². The zero-order valence-corrected chi connectivity index (χ0v) is 10.1. The molecule has 100 valence electrons. The number of hydrogen-bond donors (Lipinski definition) is 3. The lowest BCUT2D eigenvalue weighted by molar-refractivity contribution is -0.273. The zero-order valence-electron chi connectivity index (χ0n) is 10.1. The van der Waals surface area contributed by atoms with Crippen molar-refractivity contribution in [2.75, 3.05) is 0 Å². The Bertz CT molecular complexity index is 256. The van der Waals surface area contributed by atoms with Crippen LogP contribution in [0.25, 0.3) is 0 Å². The smallest absolute Gasteiger partial charge is 0.303 e. The molecule has 17 heavy (non-hydrogen) atoms. The van der Waals surface area contributed by atoms with Crippen molar-refractivity contribution >= 4 is 5.97 Å². The molecule has 0 radical (unpaired) electrons. The van der Waals surface area contributed by atoms with E-state index in [0.29, 0.717) is 6.42 Å². The molecule has 6 heteroatoms. The maximum absolute atomic E-state index is 10.4. The summed E-state index contributed by atoms with van der Waals surface area (Å²) in [5.74, 6) is -0.880. The molecule has 1 rings (SSSR count). The molecule has 5 atom stereocenters. The standard InChI is InChI=1S/C11H20O6/c1-6(3-4-10(14)15)16-11-9(13)5-8(12)7(2)17-11/h6-9,11-13H,3-5H2,1-2H3,(H,14,15)/t6-,7?,8?,9?,11?/m1/s1. The van der Waals surface area contributed by atoms with Crippen LogP contribution in [-0.2, 0) is 14.3 Å². The molecule has 0 spiro atoms. The summed E-state index contributed by atoms with van der Waals surface area (Å²) in [4.78, 5) is 10.4. The summed E-state index contributed by atoms with van der Waals surface area (Å²) < 4.78 is 10.7. The van der Waals surface area contributed by atoms with E-state index in [1.165, 1.54) is 0 Å². The fraction of sp³-hybridized carbons (Fsp3) is 0.909. The number of carboxylic acids is 1. The average molecular weight is 248 g/mol. The first-order valence-corrected chi connectivity index (χ1v) is 5.79. The molecule has 0 bridgehead atoms. The highest BCUT2D eigenvalue weighted by Gasteiger charge is 2.35. The number of ether oxygens (including phenoxy) is 2. The van der Waals surface area contributed by atoms with Crippen LogP contribution in [0.3, 0.4) is 0 Å². The number of hydrogen-bond acceptors (Lipinski definition) is 5. The van der Waals surface area contributed by atoms with Gasteiger partial charge in [-0.25, -0.2) is 0 Å². The van der Waals surface area contributed by atoms with Crippen molar-refractivity contribution in [2.24, 2.45) is 0 Å². The maximum atomic E-state index is 10.4. The zero-order chi connectivity index (χ0) is 13.0. The fourth-order valence-corrected chi connectivity index (χ4v) is 1.69. The van der Waals surface area contributed by atoms with Crippen molar-refractivity contribution < 1.29 is 29.6 Å². The first-order chi connectivity index (χ1) is 7.90. The molecule has 0 amide bonds. The van der Waals surface area contributed by atoms with Crippen LogP contribution in [0.2, 0.25) is 0 Å². The molecule has 0 aromatic rings. The molecule has 0 aliphatic carbocycles. The van der Waals surface area contributed by atoms with Crippen LogP contribution in [-0.4, -0.2) is 52.0 Å².